The average Bonchev–Trinajstić information content (AvgIpc) is 1.95. The smallest absolute Gasteiger partial charge is 0.329 e. The topological polar surface area (TPSA) is 86.6 Å². The zero-order valence-electron chi connectivity index (χ0n) is 9.52. The molecule has 88 valence electrons. The minimum atomic E-state index is -1.25. The van der Waals surface area contributed by atoms with Crippen LogP contribution in [0.3, 0.4) is 0 Å². The largest absolute Gasteiger partial charge is 0.480 e. The van der Waals surface area contributed by atoms with Crippen molar-refractivity contribution in [3.8, 4) is 0 Å². The molecule has 0 heterocycles. The average molecular weight is 219 g/mol. The molecule has 1 amide bonds. The van der Waals surface area contributed by atoms with Gasteiger partial charge in [0.05, 0.1) is 21.1 Å². The number of hydrogen-bond acceptors (Lipinski definition) is 3. The first-order valence-electron chi connectivity index (χ1n) is 4.62. The summed E-state index contributed by atoms with van der Waals surface area (Å²) < 4.78 is 0.421. The summed E-state index contributed by atoms with van der Waals surface area (Å²) in [5, 5.41) is 20.7. The predicted octanol–water partition coefficient (Wildman–Crippen LogP) is -1.36. The number of rotatable bonds is 5. The molecule has 0 aromatic rings. The van der Waals surface area contributed by atoms with Gasteiger partial charge in [-0.05, 0) is 0 Å². The highest BCUT2D eigenvalue weighted by molar-refractivity contribution is 5.82. The van der Waals surface area contributed by atoms with Crippen molar-refractivity contribution >= 4 is 11.9 Å². The molecule has 6 heteroatoms. The summed E-state index contributed by atoms with van der Waals surface area (Å²) in [6, 6.07) is -1.25. The van der Waals surface area contributed by atoms with E-state index in [9.17, 15) is 14.7 Å². The van der Waals surface area contributed by atoms with E-state index in [-0.39, 0.29) is 6.54 Å². The molecule has 0 saturated carbocycles. The number of nitrogens with zero attached hydrogens (tertiary/aromatic N) is 1. The van der Waals surface area contributed by atoms with Crippen molar-refractivity contribution in [3.05, 3.63) is 0 Å². The van der Waals surface area contributed by atoms with E-state index < -0.39 is 24.0 Å². The Bertz CT molecular complexity index is 247. The number of carbonyl (C=O) groups is 2. The second kappa shape index (κ2) is 5.09. The lowest BCUT2D eigenvalue weighted by molar-refractivity contribution is -0.873. The van der Waals surface area contributed by atoms with Gasteiger partial charge < -0.3 is 20.0 Å². The highest BCUT2D eigenvalue weighted by Gasteiger charge is 2.31. The number of carboxylic acid groups (broad SMARTS) is 1. The molecule has 0 fully saturated rings. The highest BCUT2D eigenvalue weighted by Crippen LogP contribution is 2.01. The van der Waals surface area contributed by atoms with Gasteiger partial charge in [0.2, 0.25) is 5.91 Å². The number of carbonyl (C=O) groups excluding carboxylic acids is 1. The number of nitrogens with one attached hydrogen (secondary N) is 1. The van der Waals surface area contributed by atoms with E-state index in [1.807, 2.05) is 21.1 Å². The maximum atomic E-state index is 10.8. The normalized spacial score (nSPS) is 15.5. The molecule has 0 aromatic carbocycles. The number of quaternary nitrogens is 1. The molecule has 0 aliphatic carbocycles. The summed E-state index contributed by atoms with van der Waals surface area (Å²) in [6.07, 6.45) is -1.11. The Kier molecular flexibility index (Phi) is 4.70. The molecule has 15 heavy (non-hydrogen) atoms. The Labute approximate surface area is 89.1 Å². The number of aliphatic carboxylic acids is 1. The molecule has 0 bridgehead atoms. The highest BCUT2D eigenvalue weighted by atomic mass is 16.4. The maximum Gasteiger partial charge on any atom is 0.329 e. The van der Waals surface area contributed by atoms with Gasteiger partial charge in [-0.3, -0.25) is 4.79 Å². The second-order valence-corrected chi connectivity index (χ2v) is 4.56. The predicted molar refractivity (Wildman–Crippen MR) is 54.1 cm³/mol. The fraction of sp³-hybridized carbons (Fsp3) is 0.778. The van der Waals surface area contributed by atoms with Crippen molar-refractivity contribution in [2.75, 3.05) is 27.7 Å². The van der Waals surface area contributed by atoms with Crippen LogP contribution in [0.25, 0.3) is 0 Å². The van der Waals surface area contributed by atoms with Crippen LogP contribution in [0.4, 0.5) is 0 Å². The van der Waals surface area contributed by atoms with Crippen molar-refractivity contribution in [2.24, 2.45) is 0 Å². The van der Waals surface area contributed by atoms with Crippen LogP contribution in [0.5, 0.6) is 0 Å². The number of likely N-dealkylation sites (N-methyl/N-ethyl adjacent to an activating group) is 1. The lowest BCUT2D eigenvalue weighted by Gasteiger charge is -2.29. The number of amides is 1. The Morgan fingerprint density at radius 2 is 1.80 bits per heavy atom. The fourth-order valence-electron chi connectivity index (χ4n) is 1.21. The van der Waals surface area contributed by atoms with Gasteiger partial charge in [-0.25, -0.2) is 4.79 Å². The molecule has 3 N–H and O–H groups in total. The van der Waals surface area contributed by atoms with Crippen LogP contribution in [0.2, 0.25) is 0 Å². The summed E-state index contributed by atoms with van der Waals surface area (Å²) in [6.45, 7) is 1.46. The summed E-state index contributed by atoms with van der Waals surface area (Å²) in [4.78, 5) is 21.5. The first-order valence-corrected chi connectivity index (χ1v) is 4.62. The van der Waals surface area contributed by atoms with Gasteiger partial charge in [0, 0.05) is 6.92 Å². The fourth-order valence-corrected chi connectivity index (χ4v) is 1.21. The van der Waals surface area contributed by atoms with Crippen molar-refractivity contribution < 1.29 is 24.3 Å². The van der Waals surface area contributed by atoms with Crippen molar-refractivity contribution in [2.45, 2.75) is 19.1 Å². The molecule has 0 spiro atoms. The van der Waals surface area contributed by atoms with E-state index in [0.717, 1.165) is 0 Å². The van der Waals surface area contributed by atoms with Gasteiger partial charge >= 0.3 is 5.97 Å². The molecule has 0 saturated heterocycles. The second-order valence-electron chi connectivity index (χ2n) is 4.56. The molecule has 0 aliphatic heterocycles. The van der Waals surface area contributed by atoms with E-state index in [1.54, 1.807) is 0 Å². The lowest BCUT2D eigenvalue weighted by atomic mass is 10.1. The van der Waals surface area contributed by atoms with E-state index in [2.05, 4.69) is 5.32 Å². The number of hydrogen-bond donors (Lipinski definition) is 3. The van der Waals surface area contributed by atoms with Crippen molar-refractivity contribution in [3.63, 3.8) is 0 Å². The van der Waals surface area contributed by atoms with Gasteiger partial charge in [0.25, 0.3) is 0 Å². The molecular formula is C9H19N2O4+. The van der Waals surface area contributed by atoms with Gasteiger partial charge in [0.1, 0.15) is 12.6 Å². The monoisotopic (exact) mass is 219 g/mol. The lowest BCUT2D eigenvalue weighted by Crippen LogP contribution is -2.54. The van der Waals surface area contributed by atoms with Gasteiger partial charge in [-0.15, -0.1) is 0 Å². The molecule has 0 aromatic heterocycles. The van der Waals surface area contributed by atoms with Gasteiger partial charge in [-0.1, -0.05) is 0 Å². The minimum Gasteiger partial charge on any atom is -0.480 e. The summed E-state index contributed by atoms with van der Waals surface area (Å²) in [7, 11) is 5.49. The molecule has 2 atom stereocenters. The Morgan fingerprint density at radius 3 is 2.07 bits per heavy atom. The third-order valence-corrected chi connectivity index (χ3v) is 1.74. The SMILES string of the molecule is CC(=O)N[C@@H](C(=O)O)[C@H](O)C[N+](C)(C)C. The number of aliphatic hydroxyl groups excluding tert-OH is 1. The van der Waals surface area contributed by atoms with E-state index in [1.165, 1.54) is 6.92 Å². The minimum absolute atomic E-state index is 0.247. The molecule has 0 unspecified atom stereocenters. The first-order chi connectivity index (χ1) is 6.63. The van der Waals surface area contributed by atoms with E-state index in [0.29, 0.717) is 4.48 Å². The summed E-state index contributed by atoms with van der Waals surface area (Å²) in [5.74, 6) is -1.70. The van der Waals surface area contributed by atoms with Crippen LogP contribution in [0.1, 0.15) is 6.92 Å². The quantitative estimate of drug-likeness (QED) is 0.499. The zero-order valence-corrected chi connectivity index (χ0v) is 9.52. The molecule has 0 aliphatic rings. The van der Waals surface area contributed by atoms with Crippen LogP contribution in [-0.4, -0.2) is 66.4 Å². The Morgan fingerprint density at radius 1 is 1.33 bits per heavy atom. The third-order valence-electron chi connectivity index (χ3n) is 1.74. The molecule has 0 rings (SSSR count). The van der Waals surface area contributed by atoms with Crippen LogP contribution >= 0.6 is 0 Å². The van der Waals surface area contributed by atoms with Crippen molar-refractivity contribution in [1.29, 1.82) is 0 Å². The van der Waals surface area contributed by atoms with Gasteiger partial charge in [-0.2, -0.15) is 0 Å². The number of carboxylic acids is 1. The summed E-state index contributed by atoms with van der Waals surface area (Å²) >= 11 is 0. The molecule has 0 radical (unpaired) electrons. The van der Waals surface area contributed by atoms with Crippen LogP contribution < -0.4 is 5.32 Å². The maximum absolute atomic E-state index is 10.8. The molecule has 6 nitrogen and oxygen atoms in total. The van der Waals surface area contributed by atoms with Crippen LogP contribution in [0.15, 0.2) is 0 Å². The first kappa shape index (κ1) is 13.9. The van der Waals surface area contributed by atoms with Gasteiger partial charge in [0.15, 0.2) is 6.04 Å². The zero-order chi connectivity index (χ0) is 12.2. The molecular weight excluding hydrogens is 200 g/mol. The van der Waals surface area contributed by atoms with Crippen LogP contribution in [0, 0.1) is 0 Å². The van der Waals surface area contributed by atoms with E-state index >= 15 is 0 Å². The van der Waals surface area contributed by atoms with Crippen molar-refractivity contribution in [1.82, 2.24) is 5.32 Å². The van der Waals surface area contributed by atoms with E-state index in [4.69, 9.17) is 5.11 Å². The Hall–Kier alpha value is -1.14. The standard InChI is InChI=1S/C9H18N2O4/c1-6(12)10-8(9(14)15)7(13)5-11(2,3)4/h7-8,13H,5H2,1-4H3,(H-,10,12,14,15)/p+1/t7-,8-/m1/s1. The Balaban J connectivity index is 4.49. The summed E-state index contributed by atoms with van der Waals surface area (Å²) in [5.41, 5.74) is 0. The van der Waals surface area contributed by atoms with Crippen LogP contribution in [-0.2, 0) is 9.59 Å². The third kappa shape index (κ3) is 6.03. The number of aliphatic hydroxyl groups is 1.